The molecule has 0 N–H and O–H groups in total. The van der Waals surface area contributed by atoms with Crippen LogP contribution >= 0.6 is 11.3 Å². The molecule has 2 aliphatic heterocycles. The third-order valence-electron chi connectivity index (χ3n) is 5.88. The zero-order chi connectivity index (χ0) is 19.8. The summed E-state index contributed by atoms with van der Waals surface area (Å²) in [5.41, 5.74) is 2.33. The number of hydrogen-bond donors (Lipinski definition) is 0. The molecule has 5 rings (SSSR count). The number of fused-ring (bicyclic) bond motifs is 2. The lowest BCUT2D eigenvalue weighted by molar-refractivity contribution is -0.160. The average Bonchev–Trinajstić information content (AvgIpc) is 3.25. The van der Waals surface area contributed by atoms with Crippen molar-refractivity contribution >= 4 is 33.9 Å². The molecule has 0 bridgehead atoms. The van der Waals surface area contributed by atoms with Crippen molar-refractivity contribution in [2.75, 3.05) is 26.2 Å². The van der Waals surface area contributed by atoms with Crippen LogP contribution in [0, 0.1) is 0 Å². The van der Waals surface area contributed by atoms with Gasteiger partial charge in [-0.25, -0.2) is 0 Å². The molecule has 5 nitrogen and oxygen atoms in total. The van der Waals surface area contributed by atoms with Crippen molar-refractivity contribution in [1.82, 2.24) is 14.7 Å². The Labute approximate surface area is 174 Å². The summed E-state index contributed by atoms with van der Waals surface area (Å²) in [7, 11) is 0. The lowest BCUT2D eigenvalue weighted by atomic mass is 10.0. The Kier molecular flexibility index (Phi) is 4.81. The Morgan fingerprint density at radius 1 is 0.931 bits per heavy atom. The minimum atomic E-state index is -0.371. The van der Waals surface area contributed by atoms with Crippen LogP contribution in [-0.4, -0.2) is 58.7 Å². The number of thiophene rings is 1. The monoisotopic (exact) mass is 405 g/mol. The molecule has 2 saturated heterocycles. The van der Waals surface area contributed by atoms with Gasteiger partial charge >= 0.3 is 0 Å². The Morgan fingerprint density at radius 3 is 2.62 bits per heavy atom. The van der Waals surface area contributed by atoms with E-state index < -0.39 is 0 Å². The Bertz CT molecular complexity index is 1050. The summed E-state index contributed by atoms with van der Waals surface area (Å²) in [6.45, 7) is 3.51. The third kappa shape index (κ3) is 3.66. The summed E-state index contributed by atoms with van der Waals surface area (Å²) in [5, 5.41) is 6.51. The molecule has 0 aliphatic carbocycles. The molecule has 2 aromatic carbocycles. The highest BCUT2D eigenvalue weighted by atomic mass is 32.1. The molecule has 0 radical (unpaired) electrons. The van der Waals surface area contributed by atoms with Crippen LogP contribution in [0.25, 0.3) is 10.8 Å². The van der Waals surface area contributed by atoms with Crippen molar-refractivity contribution in [2.24, 2.45) is 0 Å². The van der Waals surface area contributed by atoms with Gasteiger partial charge in [0.1, 0.15) is 12.6 Å². The predicted molar refractivity (Wildman–Crippen MR) is 114 cm³/mol. The van der Waals surface area contributed by atoms with Crippen LogP contribution in [-0.2, 0) is 22.7 Å². The van der Waals surface area contributed by atoms with E-state index >= 15 is 0 Å². The topological polar surface area (TPSA) is 43.9 Å². The van der Waals surface area contributed by atoms with Crippen molar-refractivity contribution in [3.8, 4) is 0 Å². The molecule has 2 aliphatic rings. The highest BCUT2D eigenvalue weighted by Gasteiger charge is 2.42. The Morgan fingerprint density at radius 2 is 1.79 bits per heavy atom. The van der Waals surface area contributed by atoms with E-state index in [4.69, 9.17) is 0 Å². The van der Waals surface area contributed by atoms with Crippen LogP contribution in [0.15, 0.2) is 59.3 Å². The van der Waals surface area contributed by atoms with Gasteiger partial charge in [0.05, 0.1) is 0 Å². The first-order valence-corrected chi connectivity index (χ1v) is 10.9. The van der Waals surface area contributed by atoms with E-state index in [1.807, 2.05) is 16.8 Å². The van der Waals surface area contributed by atoms with Gasteiger partial charge in [0.15, 0.2) is 0 Å². The highest BCUT2D eigenvalue weighted by Crippen LogP contribution is 2.23. The molecule has 0 saturated carbocycles. The van der Waals surface area contributed by atoms with Gasteiger partial charge in [0.2, 0.25) is 11.8 Å². The molecule has 148 valence electrons. The fraction of sp³-hybridized carbons (Fsp3) is 0.304. The predicted octanol–water partition coefficient (Wildman–Crippen LogP) is 2.96. The van der Waals surface area contributed by atoms with Gasteiger partial charge < -0.3 is 9.80 Å². The maximum Gasteiger partial charge on any atom is 0.247 e. The molecule has 1 atom stereocenters. The quantitative estimate of drug-likeness (QED) is 0.670. The maximum absolute atomic E-state index is 13.1. The molecular weight excluding hydrogens is 382 g/mol. The summed E-state index contributed by atoms with van der Waals surface area (Å²) < 4.78 is 0. The Hall–Kier alpha value is -2.70. The normalized spacial score (nSPS) is 20.3. The lowest BCUT2D eigenvalue weighted by Crippen LogP contribution is -2.66. The highest BCUT2D eigenvalue weighted by molar-refractivity contribution is 7.07. The van der Waals surface area contributed by atoms with Crippen LogP contribution in [0.2, 0.25) is 0 Å². The third-order valence-corrected chi connectivity index (χ3v) is 6.61. The molecule has 2 fully saturated rings. The zero-order valence-electron chi connectivity index (χ0n) is 16.2. The van der Waals surface area contributed by atoms with Gasteiger partial charge in [-0.1, -0.05) is 36.4 Å². The second-order valence-electron chi connectivity index (χ2n) is 7.85. The molecule has 3 aromatic rings. The number of rotatable bonds is 4. The van der Waals surface area contributed by atoms with Crippen molar-refractivity contribution < 1.29 is 9.59 Å². The number of carbonyl (C=O) groups excluding carboxylic acids is 2. The van der Waals surface area contributed by atoms with Crippen molar-refractivity contribution in [3.63, 3.8) is 0 Å². The van der Waals surface area contributed by atoms with E-state index in [1.54, 1.807) is 21.1 Å². The van der Waals surface area contributed by atoms with Gasteiger partial charge in [-0.05, 0) is 44.8 Å². The minimum absolute atomic E-state index is 0.0650. The zero-order valence-corrected chi connectivity index (χ0v) is 17.0. The number of piperazine rings is 2. The van der Waals surface area contributed by atoms with Crippen LogP contribution in [0.3, 0.4) is 0 Å². The van der Waals surface area contributed by atoms with Gasteiger partial charge in [-0.15, -0.1) is 0 Å². The molecule has 6 heteroatoms. The average molecular weight is 406 g/mol. The number of nitrogens with zero attached hydrogens (tertiary/aromatic N) is 3. The summed E-state index contributed by atoms with van der Waals surface area (Å²) in [4.78, 5) is 31.5. The second kappa shape index (κ2) is 7.61. The molecule has 1 aromatic heterocycles. The van der Waals surface area contributed by atoms with Gasteiger partial charge in [-0.3, -0.25) is 14.5 Å². The first-order chi connectivity index (χ1) is 14.2. The number of carbonyl (C=O) groups is 2. The van der Waals surface area contributed by atoms with E-state index in [1.165, 1.54) is 16.3 Å². The van der Waals surface area contributed by atoms with Crippen molar-refractivity contribution in [1.29, 1.82) is 0 Å². The molecule has 3 heterocycles. The summed E-state index contributed by atoms with van der Waals surface area (Å²) in [6.07, 6.45) is 0. The first-order valence-electron chi connectivity index (χ1n) is 9.97. The van der Waals surface area contributed by atoms with E-state index in [-0.39, 0.29) is 24.4 Å². The van der Waals surface area contributed by atoms with E-state index in [0.717, 1.165) is 18.7 Å². The largest absolute Gasteiger partial charge is 0.327 e. The maximum atomic E-state index is 13.1. The standard InChI is InChI=1S/C23H23N3O2S/c27-22-15-25(13-18-7-10-29-16-18)23(28)21-14-24(8-9-26(21)22)12-17-5-6-19-3-1-2-4-20(19)11-17/h1-7,10-11,16,21H,8-9,12-15H2. The first kappa shape index (κ1) is 18.3. The fourth-order valence-corrected chi connectivity index (χ4v) is 5.03. The van der Waals surface area contributed by atoms with Gasteiger partial charge in [0.25, 0.3) is 0 Å². The number of benzene rings is 2. The van der Waals surface area contributed by atoms with E-state index in [0.29, 0.717) is 19.6 Å². The molecular formula is C23H23N3O2S. The smallest absolute Gasteiger partial charge is 0.247 e. The number of hydrogen-bond acceptors (Lipinski definition) is 4. The van der Waals surface area contributed by atoms with Gasteiger partial charge in [0, 0.05) is 32.7 Å². The minimum Gasteiger partial charge on any atom is -0.327 e. The SMILES string of the molecule is O=C1C2CN(Cc3ccc4ccccc4c3)CCN2C(=O)CN1Cc1ccsc1. The molecule has 1 unspecified atom stereocenters. The summed E-state index contributed by atoms with van der Waals surface area (Å²) in [5.74, 6) is 0.134. The summed E-state index contributed by atoms with van der Waals surface area (Å²) in [6, 6.07) is 16.5. The Balaban J connectivity index is 1.30. The molecule has 29 heavy (non-hydrogen) atoms. The summed E-state index contributed by atoms with van der Waals surface area (Å²) >= 11 is 1.61. The molecule has 2 amide bonds. The van der Waals surface area contributed by atoms with Crippen LogP contribution < -0.4 is 0 Å². The van der Waals surface area contributed by atoms with Crippen LogP contribution in [0.1, 0.15) is 11.1 Å². The van der Waals surface area contributed by atoms with Gasteiger partial charge in [-0.2, -0.15) is 11.3 Å². The molecule has 0 spiro atoms. The second-order valence-corrected chi connectivity index (χ2v) is 8.63. The van der Waals surface area contributed by atoms with Crippen LogP contribution in [0.4, 0.5) is 0 Å². The van der Waals surface area contributed by atoms with Crippen molar-refractivity contribution in [2.45, 2.75) is 19.1 Å². The van der Waals surface area contributed by atoms with E-state index in [9.17, 15) is 9.59 Å². The lowest BCUT2D eigenvalue weighted by Gasteiger charge is -2.46. The van der Waals surface area contributed by atoms with Crippen molar-refractivity contribution in [3.05, 3.63) is 70.4 Å². The van der Waals surface area contributed by atoms with E-state index in [2.05, 4.69) is 47.4 Å². The fourth-order valence-electron chi connectivity index (χ4n) is 4.37. The van der Waals surface area contributed by atoms with Crippen LogP contribution in [0.5, 0.6) is 0 Å². The number of amides is 2.